The SMILES string of the molecule is COC(=O)C1CC(O)CN1CCCSC. The Morgan fingerprint density at radius 1 is 1.67 bits per heavy atom. The van der Waals surface area contributed by atoms with E-state index in [2.05, 4.69) is 6.26 Å². The molecule has 0 radical (unpaired) electrons. The maximum Gasteiger partial charge on any atom is 0.323 e. The highest BCUT2D eigenvalue weighted by atomic mass is 32.2. The average molecular weight is 233 g/mol. The number of aliphatic hydroxyl groups is 1. The van der Waals surface area contributed by atoms with Gasteiger partial charge in [0.05, 0.1) is 13.2 Å². The second-order valence-electron chi connectivity index (χ2n) is 3.77. The standard InChI is InChI=1S/C10H19NO3S/c1-14-10(13)9-6-8(12)7-11(9)4-3-5-15-2/h8-9,12H,3-7H2,1-2H3. The lowest BCUT2D eigenvalue weighted by atomic mass is 10.2. The Balaban J connectivity index is 2.42. The number of rotatable bonds is 5. The van der Waals surface area contributed by atoms with E-state index in [-0.39, 0.29) is 18.1 Å². The topological polar surface area (TPSA) is 49.8 Å². The molecule has 1 rings (SSSR count). The molecule has 1 fully saturated rings. The van der Waals surface area contributed by atoms with Gasteiger partial charge < -0.3 is 9.84 Å². The Kier molecular flexibility index (Phi) is 5.42. The first-order chi connectivity index (χ1) is 7.19. The normalized spacial score (nSPS) is 26.9. The predicted molar refractivity (Wildman–Crippen MR) is 61.0 cm³/mol. The summed E-state index contributed by atoms with van der Waals surface area (Å²) in [5, 5.41) is 9.52. The highest BCUT2D eigenvalue weighted by Crippen LogP contribution is 2.19. The molecule has 88 valence electrons. The molecule has 2 unspecified atom stereocenters. The Morgan fingerprint density at radius 2 is 2.40 bits per heavy atom. The van der Waals surface area contributed by atoms with Crippen molar-refractivity contribution in [3.8, 4) is 0 Å². The zero-order valence-corrected chi connectivity index (χ0v) is 10.1. The van der Waals surface area contributed by atoms with Gasteiger partial charge in [-0.2, -0.15) is 11.8 Å². The zero-order valence-electron chi connectivity index (χ0n) is 9.31. The molecule has 0 spiro atoms. The van der Waals surface area contributed by atoms with Crippen molar-refractivity contribution < 1.29 is 14.6 Å². The Labute approximate surface area is 95.0 Å². The van der Waals surface area contributed by atoms with E-state index in [1.165, 1.54) is 7.11 Å². The van der Waals surface area contributed by atoms with Gasteiger partial charge in [0.1, 0.15) is 6.04 Å². The van der Waals surface area contributed by atoms with Crippen LogP contribution in [0.15, 0.2) is 0 Å². The largest absolute Gasteiger partial charge is 0.468 e. The van der Waals surface area contributed by atoms with Gasteiger partial charge in [-0.1, -0.05) is 0 Å². The first-order valence-corrected chi connectivity index (χ1v) is 6.57. The van der Waals surface area contributed by atoms with Crippen molar-refractivity contribution in [1.82, 2.24) is 4.90 Å². The molecular formula is C10H19NO3S. The predicted octanol–water partition coefficient (Wildman–Crippen LogP) is 0.348. The number of carbonyl (C=O) groups is 1. The molecule has 15 heavy (non-hydrogen) atoms. The number of hydrogen-bond acceptors (Lipinski definition) is 5. The van der Waals surface area contributed by atoms with Crippen molar-refractivity contribution in [1.29, 1.82) is 0 Å². The quantitative estimate of drug-likeness (QED) is 0.548. The highest BCUT2D eigenvalue weighted by molar-refractivity contribution is 7.98. The highest BCUT2D eigenvalue weighted by Gasteiger charge is 2.35. The van der Waals surface area contributed by atoms with Crippen LogP contribution in [0.3, 0.4) is 0 Å². The van der Waals surface area contributed by atoms with Crippen molar-refractivity contribution in [2.45, 2.75) is 25.0 Å². The molecule has 0 bridgehead atoms. The maximum absolute atomic E-state index is 11.4. The van der Waals surface area contributed by atoms with Crippen LogP contribution in [0, 0.1) is 0 Å². The Morgan fingerprint density at radius 3 is 3.00 bits per heavy atom. The van der Waals surface area contributed by atoms with E-state index in [9.17, 15) is 9.90 Å². The molecule has 0 aromatic rings. The number of methoxy groups -OCH3 is 1. The third-order valence-corrected chi connectivity index (χ3v) is 3.35. The smallest absolute Gasteiger partial charge is 0.323 e. The molecule has 0 aromatic carbocycles. The van der Waals surface area contributed by atoms with Gasteiger partial charge >= 0.3 is 5.97 Å². The minimum atomic E-state index is -0.386. The van der Waals surface area contributed by atoms with E-state index in [0.29, 0.717) is 13.0 Å². The van der Waals surface area contributed by atoms with Gasteiger partial charge in [0.25, 0.3) is 0 Å². The van der Waals surface area contributed by atoms with Crippen LogP contribution in [0.25, 0.3) is 0 Å². The first kappa shape index (κ1) is 12.8. The molecule has 0 aliphatic carbocycles. The summed E-state index contributed by atoms with van der Waals surface area (Å²) in [5.74, 6) is 0.858. The van der Waals surface area contributed by atoms with Crippen molar-refractivity contribution in [3.05, 3.63) is 0 Å². The van der Waals surface area contributed by atoms with Gasteiger partial charge in [0.15, 0.2) is 0 Å². The number of β-amino-alcohol motifs (C(OH)–C–C–N with tert-alkyl or cyclic N) is 1. The number of esters is 1. The summed E-state index contributed by atoms with van der Waals surface area (Å²) in [6.45, 7) is 1.45. The fourth-order valence-electron chi connectivity index (χ4n) is 1.92. The minimum absolute atomic E-state index is 0.226. The average Bonchev–Trinajstić information content (AvgIpc) is 2.59. The van der Waals surface area contributed by atoms with Crippen molar-refractivity contribution in [2.24, 2.45) is 0 Å². The van der Waals surface area contributed by atoms with E-state index >= 15 is 0 Å². The van der Waals surface area contributed by atoms with Crippen LogP contribution in [0.5, 0.6) is 0 Å². The summed E-state index contributed by atoms with van der Waals surface area (Å²) in [4.78, 5) is 13.4. The molecule has 1 aliphatic heterocycles. The minimum Gasteiger partial charge on any atom is -0.468 e. The van der Waals surface area contributed by atoms with Crippen molar-refractivity contribution in [2.75, 3.05) is 32.2 Å². The van der Waals surface area contributed by atoms with Crippen LogP contribution in [-0.2, 0) is 9.53 Å². The lowest BCUT2D eigenvalue weighted by Crippen LogP contribution is -2.37. The van der Waals surface area contributed by atoms with Crippen LogP contribution in [-0.4, -0.2) is 60.3 Å². The monoisotopic (exact) mass is 233 g/mol. The lowest BCUT2D eigenvalue weighted by Gasteiger charge is -2.21. The van der Waals surface area contributed by atoms with Crippen LogP contribution in [0.1, 0.15) is 12.8 Å². The fourth-order valence-corrected chi connectivity index (χ4v) is 2.34. The van der Waals surface area contributed by atoms with Crippen molar-refractivity contribution in [3.63, 3.8) is 0 Å². The van der Waals surface area contributed by atoms with Gasteiger partial charge in [0, 0.05) is 13.0 Å². The van der Waals surface area contributed by atoms with Gasteiger partial charge in [-0.15, -0.1) is 0 Å². The molecule has 1 aliphatic rings. The molecule has 4 nitrogen and oxygen atoms in total. The van der Waals surface area contributed by atoms with E-state index in [0.717, 1.165) is 18.7 Å². The fraction of sp³-hybridized carbons (Fsp3) is 0.900. The maximum atomic E-state index is 11.4. The van der Waals surface area contributed by atoms with Gasteiger partial charge in [-0.25, -0.2) is 0 Å². The second kappa shape index (κ2) is 6.35. The third-order valence-electron chi connectivity index (χ3n) is 2.65. The molecule has 1 heterocycles. The summed E-state index contributed by atoms with van der Waals surface area (Å²) in [6.07, 6.45) is 3.23. The van der Waals surface area contributed by atoms with E-state index in [4.69, 9.17) is 4.74 Å². The van der Waals surface area contributed by atoms with E-state index in [1.807, 2.05) is 4.90 Å². The molecule has 5 heteroatoms. The summed E-state index contributed by atoms with van der Waals surface area (Å²) in [7, 11) is 1.40. The number of nitrogens with zero attached hydrogens (tertiary/aromatic N) is 1. The number of ether oxygens (including phenoxy) is 1. The lowest BCUT2D eigenvalue weighted by molar-refractivity contribution is -0.145. The summed E-state index contributed by atoms with van der Waals surface area (Å²) in [6, 6.07) is -0.244. The zero-order chi connectivity index (χ0) is 11.3. The molecule has 1 saturated heterocycles. The van der Waals surface area contributed by atoms with Crippen molar-refractivity contribution >= 4 is 17.7 Å². The number of carbonyl (C=O) groups excluding carboxylic acids is 1. The third kappa shape index (κ3) is 3.66. The summed E-state index contributed by atoms with van der Waals surface area (Å²) < 4.78 is 4.72. The summed E-state index contributed by atoms with van der Waals surface area (Å²) in [5.41, 5.74) is 0. The second-order valence-corrected chi connectivity index (χ2v) is 4.76. The molecule has 0 amide bonds. The number of hydrogen-bond donors (Lipinski definition) is 1. The Bertz CT molecular complexity index is 213. The van der Waals surface area contributed by atoms with Gasteiger partial charge in [-0.3, -0.25) is 9.69 Å². The number of aliphatic hydroxyl groups excluding tert-OH is 1. The van der Waals surface area contributed by atoms with Crippen LogP contribution >= 0.6 is 11.8 Å². The van der Waals surface area contributed by atoms with Crippen LogP contribution in [0.2, 0.25) is 0 Å². The van der Waals surface area contributed by atoms with Crippen LogP contribution < -0.4 is 0 Å². The molecule has 0 aromatic heterocycles. The van der Waals surface area contributed by atoms with Gasteiger partial charge in [-0.05, 0) is 25.0 Å². The van der Waals surface area contributed by atoms with Crippen LogP contribution in [0.4, 0.5) is 0 Å². The van der Waals surface area contributed by atoms with E-state index in [1.54, 1.807) is 11.8 Å². The van der Waals surface area contributed by atoms with E-state index < -0.39 is 0 Å². The number of likely N-dealkylation sites (tertiary alicyclic amines) is 1. The number of thioether (sulfide) groups is 1. The molecule has 1 N–H and O–H groups in total. The summed E-state index contributed by atoms with van der Waals surface area (Å²) >= 11 is 1.80. The Hall–Kier alpha value is -0.260. The molecule has 0 saturated carbocycles. The molecule has 2 atom stereocenters. The van der Waals surface area contributed by atoms with Gasteiger partial charge in [0.2, 0.25) is 0 Å². The molecular weight excluding hydrogens is 214 g/mol. The first-order valence-electron chi connectivity index (χ1n) is 5.18.